The Morgan fingerprint density at radius 2 is 2.07 bits per heavy atom. The highest BCUT2D eigenvalue weighted by molar-refractivity contribution is 5.38. The minimum atomic E-state index is -0.981. The van der Waals surface area contributed by atoms with E-state index in [4.69, 9.17) is 0 Å². The van der Waals surface area contributed by atoms with Crippen LogP contribution in [0.15, 0.2) is 35.3 Å². The van der Waals surface area contributed by atoms with Crippen LogP contribution >= 0.6 is 0 Å². The molecule has 1 N–H and O–H groups in total. The van der Waals surface area contributed by atoms with Gasteiger partial charge in [0, 0.05) is 24.2 Å². The first-order valence-corrected chi connectivity index (χ1v) is 11.6. The lowest BCUT2D eigenvalue weighted by Crippen LogP contribution is -2.52. The smallest absolute Gasteiger partial charge is 0.131 e. The zero-order chi connectivity index (χ0) is 20.2. The van der Waals surface area contributed by atoms with Crippen molar-refractivity contribution < 1.29 is 9.50 Å². The first kappa shape index (κ1) is 19.4. The van der Waals surface area contributed by atoms with Gasteiger partial charge < -0.3 is 10.0 Å². The molecule has 0 aromatic rings. The van der Waals surface area contributed by atoms with E-state index in [0.717, 1.165) is 44.0 Å². The Bertz CT molecular complexity index is 839. The van der Waals surface area contributed by atoms with E-state index in [-0.39, 0.29) is 5.41 Å². The van der Waals surface area contributed by atoms with Gasteiger partial charge in [0.2, 0.25) is 0 Å². The van der Waals surface area contributed by atoms with Crippen LogP contribution in [-0.2, 0) is 0 Å². The van der Waals surface area contributed by atoms with Crippen molar-refractivity contribution in [2.75, 3.05) is 13.1 Å². The van der Waals surface area contributed by atoms with Crippen LogP contribution in [0, 0.1) is 40.9 Å². The first-order chi connectivity index (χ1) is 14.0. The van der Waals surface area contributed by atoms with Crippen molar-refractivity contribution in [2.45, 2.75) is 70.8 Å². The van der Waals surface area contributed by atoms with Crippen molar-refractivity contribution in [3.05, 3.63) is 35.3 Å². The molecule has 2 saturated carbocycles. The van der Waals surface area contributed by atoms with Gasteiger partial charge in [0.05, 0.1) is 6.33 Å². The Morgan fingerprint density at radius 3 is 2.79 bits per heavy atom. The standard InChI is InChI=1S/C26H34FNO/c1-3-11-26(29)12-10-23-22-8-6-18-15-20(28-13-4-5-14-28)7-9-21(18)24(22)19(17-27)16-25(23,26)2/h6,15,17,21-24,29H,4-5,7-10,12-14,16H2,1-2H3/b19-17-. The SMILES string of the molecule is CC#CC1(O)CCC2C3CC=C4C=C(N5CCCC5)CCC4C3/C(=C\F)CC21C. The van der Waals surface area contributed by atoms with Crippen LogP contribution in [0.5, 0.6) is 0 Å². The molecule has 1 saturated heterocycles. The number of aliphatic hydroxyl groups is 1. The Kier molecular flexibility index (Phi) is 4.70. The number of halogens is 1. The van der Waals surface area contributed by atoms with Crippen molar-refractivity contribution in [1.29, 1.82) is 0 Å². The number of hydrogen-bond acceptors (Lipinski definition) is 2. The lowest BCUT2D eigenvalue weighted by atomic mass is 9.50. The molecule has 6 unspecified atom stereocenters. The van der Waals surface area contributed by atoms with Crippen LogP contribution < -0.4 is 0 Å². The van der Waals surface area contributed by atoms with Crippen molar-refractivity contribution >= 4 is 0 Å². The van der Waals surface area contributed by atoms with Gasteiger partial charge in [-0.15, -0.1) is 5.92 Å². The summed E-state index contributed by atoms with van der Waals surface area (Å²) in [4.78, 5) is 2.56. The van der Waals surface area contributed by atoms with Crippen LogP contribution in [-0.4, -0.2) is 28.7 Å². The predicted molar refractivity (Wildman–Crippen MR) is 114 cm³/mol. The summed E-state index contributed by atoms with van der Waals surface area (Å²) in [6.07, 6.45) is 14.0. The van der Waals surface area contributed by atoms with Gasteiger partial charge in [0.25, 0.3) is 0 Å². The number of allylic oxidation sites excluding steroid dienone is 5. The van der Waals surface area contributed by atoms with Crippen LogP contribution in [0.1, 0.15) is 65.2 Å². The quantitative estimate of drug-likeness (QED) is 0.604. The second kappa shape index (κ2) is 7.02. The van der Waals surface area contributed by atoms with Crippen molar-refractivity contribution in [3.63, 3.8) is 0 Å². The number of fused-ring (bicyclic) bond motifs is 5. The molecule has 29 heavy (non-hydrogen) atoms. The van der Waals surface area contributed by atoms with E-state index in [9.17, 15) is 9.50 Å². The molecule has 0 aromatic carbocycles. The Hall–Kier alpha value is -1.53. The van der Waals surface area contributed by atoms with Gasteiger partial charge in [-0.3, -0.25) is 0 Å². The van der Waals surface area contributed by atoms with E-state index < -0.39 is 5.60 Å². The van der Waals surface area contributed by atoms with E-state index in [1.54, 1.807) is 6.92 Å². The highest BCUT2D eigenvalue weighted by atomic mass is 19.1. The van der Waals surface area contributed by atoms with E-state index in [1.807, 2.05) is 0 Å². The zero-order valence-electron chi connectivity index (χ0n) is 17.9. The second-order valence-electron chi connectivity index (χ2n) is 10.3. The molecule has 0 spiro atoms. The average molecular weight is 396 g/mol. The third-order valence-electron chi connectivity index (χ3n) is 9.07. The van der Waals surface area contributed by atoms with Gasteiger partial charge in [0.15, 0.2) is 0 Å². The van der Waals surface area contributed by atoms with Gasteiger partial charge in [0.1, 0.15) is 5.60 Å². The molecule has 0 radical (unpaired) electrons. The Balaban J connectivity index is 1.49. The molecular formula is C26H34FNO. The van der Waals surface area contributed by atoms with Crippen LogP contribution in [0.3, 0.4) is 0 Å². The monoisotopic (exact) mass is 395 g/mol. The predicted octanol–water partition coefficient (Wildman–Crippen LogP) is 5.37. The summed E-state index contributed by atoms with van der Waals surface area (Å²) in [5.74, 6) is 7.66. The second-order valence-corrected chi connectivity index (χ2v) is 10.3. The summed E-state index contributed by atoms with van der Waals surface area (Å²) in [7, 11) is 0. The zero-order valence-corrected chi connectivity index (χ0v) is 17.9. The molecule has 2 nitrogen and oxygen atoms in total. The Labute approximate surface area is 174 Å². The van der Waals surface area contributed by atoms with Crippen LogP contribution in [0.2, 0.25) is 0 Å². The molecule has 1 heterocycles. The Morgan fingerprint density at radius 1 is 1.28 bits per heavy atom. The lowest BCUT2D eigenvalue weighted by molar-refractivity contribution is -0.0606. The van der Waals surface area contributed by atoms with E-state index >= 15 is 0 Å². The van der Waals surface area contributed by atoms with Gasteiger partial charge in [-0.2, -0.15) is 0 Å². The van der Waals surface area contributed by atoms with E-state index in [2.05, 4.69) is 35.8 Å². The van der Waals surface area contributed by atoms with Crippen molar-refractivity contribution in [2.24, 2.45) is 29.1 Å². The summed E-state index contributed by atoms with van der Waals surface area (Å²) < 4.78 is 14.3. The summed E-state index contributed by atoms with van der Waals surface area (Å²) in [5, 5.41) is 11.4. The molecule has 5 aliphatic rings. The van der Waals surface area contributed by atoms with Gasteiger partial charge >= 0.3 is 0 Å². The highest BCUT2D eigenvalue weighted by Crippen LogP contribution is 2.65. The third kappa shape index (κ3) is 2.78. The summed E-state index contributed by atoms with van der Waals surface area (Å²) in [6, 6.07) is 0. The molecule has 156 valence electrons. The number of nitrogens with zero attached hydrogens (tertiary/aromatic N) is 1. The summed E-state index contributed by atoms with van der Waals surface area (Å²) in [5.41, 5.74) is 2.56. The molecule has 3 fully saturated rings. The molecule has 6 atom stereocenters. The maximum absolute atomic E-state index is 14.3. The number of rotatable bonds is 1. The highest BCUT2D eigenvalue weighted by Gasteiger charge is 2.63. The minimum Gasteiger partial charge on any atom is -0.377 e. The maximum atomic E-state index is 14.3. The fraction of sp³-hybridized carbons (Fsp3) is 0.692. The van der Waals surface area contributed by atoms with Gasteiger partial charge in [-0.25, -0.2) is 4.39 Å². The molecule has 3 heteroatoms. The molecule has 0 amide bonds. The molecule has 0 bridgehead atoms. The van der Waals surface area contributed by atoms with Crippen molar-refractivity contribution in [1.82, 2.24) is 4.90 Å². The fourth-order valence-electron chi connectivity index (χ4n) is 7.66. The van der Waals surface area contributed by atoms with E-state index in [1.165, 1.54) is 37.2 Å². The largest absolute Gasteiger partial charge is 0.377 e. The summed E-state index contributed by atoms with van der Waals surface area (Å²) in [6.45, 7) is 6.36. The molecule has 1 aliphatic heterocycles. The van der Waals surface area contributed by atoms with Gasteiger partial charge in [-0.1, -0.05) is 18.9 Å². The molecular weight excluding hydrogens is 361 g/mol. The third-order valence-corrected chi connectivity index (χ3v) is 9.07. The van der Waals surface area contributed by atoms with E-state index in [0.29, 0.717) is 30.1 Å². The molecule has 5 rings (SSSR count). The topological polar surface area (TPSA) is 23.5 Å². The average Bonchev–Trinajstić information content (AvgIpc) is 3.34. The number of hydrogen-bond donors (Lipinski definition) is 1. The van der Waals surface area contributed by atoms with Crippen LogP contribution in [0.25, 0.3) is 0 Å². The van der Waals surface area contributed by atoms with Crippen molar-refractivity contribution in [3.8, 4) is 11.8 Å². The molecule has 4 aliphatic carbocycles. The maximum Gasteiger partial charge on any atom is 0.131 e. The van der Waals surface area contributed by atoms with Gasteiger partial charge in [-0.05, 0) is 99.2 Å². The summed E-state index contributed by atoms with van der Waals surface area (Å²) >= 11 is 0. The normalized spacial score (nSPS) is 45.0. The van der Waals surface area contributed by atoms with Crippen LogP contribution in [0.4, 0.5) is 4.39 Å². The first-order valence-electron chi connectivity index (χ1n) is 11.6. The number of likely N-dealkylation sites (tertiary alicyclic amines) is 1. The minimum absolute atomic E-state index is 0.298. The molecule has 0 aromatic heterocycles. The fourth-order valence-corrected chi connectivity index (χ4v) is 7.66. The lowest BCUT2D eigenvalue weighted by Gasteiger charge is -2.54.